The van der Waals surface area contributed by atoms with Crippen LogP contribution in [0.15, 0.2) is 18.2 Å². The molecule has 2 nitrogen and oxygen atoms in total. The van der Waals surface area contributed by atoms with Crippen molar-refractivity contribution in [1.29, 1.82) is 0 Å². The fourth-order valence-electron chi connectivity index (χ4n) is 1.36. The molecule has 1 unspecified atom stereocenters. The largest absolute Gasteiger partial charge is 0.492 e. The van der Waals surface area contributed by atoms with Gasteiger partial charge in [-0.15, -0.1) is 12.3 Å². The quantitative estimate of drug-likeness (QED) is 0.602. The Morgan fingerprint density at radius 1 is 1.53 bits per heavy atom. The van der Waals surface area contributed by atoms with Crippen molar-refractivity contribution in [1.82, 2.24) is 0 Å². The first kappa shape index (κ1) is 11.6. The molecule has 0 saturated carbocycles. The highest BCUT2D eigenvalue weighted by atomic mass is 16.5. The molecule has 0 heterocycles. The highest BCUT2D eigenvalue weighted by Crippen LogP contribution is 2.25. The molecule has 0 aromatic heterocycles. The van der Waals surface area contributed by atoms with Gasteiger partial charge >= 0.3 is 0 Å². The van der Waals surface area contributed by atoms with Gasteiger partial charge in [0, 0.05) is 18.0 Å². The Hall–Kier alpha value is -1.46. The first-order chi connectivity index (χ1) is 7.15. The number of benzene rings is 1. The summed E-state index contributed by atoms with van der Waals surface area (Å²) in [4.78, 5) is 0. The van der Waals surface area contributed by atoms with Crippen molar-refractivity contribution in [3.05, 3.63) is 29.3 Å². The second kappa shape index (κ2) is 5.43. The molecule has 0 bridgehead atoms. The van der Waals surface area contributed by atoms with E-state index in [1.807, 2.05) is 32.0 Å². The molecular weight excluding hydrogens is 186 g/mol. The first-order valence-corrected chi connectivity index (χ1v) is 5.07. The number of nitrogens with two attached hydrogens (primary N) is 1. The Labute approximate surface area is 91.4 Å². The molecule has 1 aromatic rings. The van der Waals surface area contributed by atoms with Crippen LogP contribution < -0.4 is 10.5 Å². The minimum atomic E-state index is -0.0218. The van der Waals surface area contributed by atoms with Crippen LogP contribution in [0.3, 0.4) is 0 Å². The van der Waals surface area contributed by atoms with Crippen molar-refractivity contribution in [3.63, 3.8) is 0 Å². The molecule has 2 heteroatoms. The molecule has 1 atom stereocenters. The summed E-state index contributed by atoms with van der Waals surface area (Å²) in [5, 5.41) is 0. The molecule has 0 aliphatic carbocycles. The SMILES string of the molecule is C#CCCOc1cc(C)ccc1C(C)N. The topological polar surface area (TPSA) is 35.2 Å². The lowest BCUT2D eigenvalue weighted by Crippen LogP contribution is -2.08. The second-order valence-electron chi connectivity index (χ2n) is 3.63. The molecule has 0 aliphatic rings. The summed E-state index contributed by atoms with van der Waals surface area (Å²) in [5.41, 5.74) is 8.04. The lowest BCUT2D eigenvalue weighted by atomic mass is 10.1. The molecule has 0 fully saturated rings. The average Bonchev–Trinajstić information content (AvgIpc) is 2.18. The van der Waals surface area contributed by atoms with Crippen LogP contribution in [0.4, 0.5) is 0 Å². The van der Waals surface area contributed by atoms with E-state index in [0.29, 0.717) is 13.0 Å². The molecule has 80 valence electrons. The molecule has 0 radical (unpaired) electrons. The highest BCUT2D eigenvalue weighted by molar-refractivity contribution is 5.38. The fraction of sp³-hybridized carbons (Fsp3) is 0.385. The maximum atomic E-state index is 5.85. The molecule has 1 aromatic carbocycles. The van der Waals surface area contributed by atoms with Gasteiger partial charge in [0.2, 0.25) is 0 Å². The van der Waals surface area contributed by atoms with Crippen LogP contribution in [0.25, 0.3) is 0 Å². The summed E-state index contributed by atoms with van der Waals surface area (Å²) in [6.07, 6.45) is 5.78. The van der Waals surface area contributed by atoms with E-state index in [0.717, 1.165) is 16.9 Å². The van der Waals surface area contributed by atoms with Crippen molar-refractivity contribution < 1.29 is 4.74 Å². The van der Waals surface area contributed by atoms with Gasteiger partial charge in [0.25, 0.3) is 0 Å². The number of rotatable bonds is 4. The van der Waals surface area contributed by atoms with E-state index < -0.39 is 0 Å². The molecule has 2 N–H and O–H groups in total. The van der Waals surface area contributed by atoms with Gasteiger partial charge in [-0.3, -0.25) is 0 Å². The number of hydrogen-bond acceptors (Lipinski definition) is 2. The molecule has 0 spiro atoms. The van der Waals surface area contributed by atoms with Crippen LogP contribution in [0.5, 0.6) is 5.75 Å². The smallest absolute Gasteiger partial charge is 0.124 e. The zero-order chi connectivity index (χ0) is 11.3. The van der Waals surface area contributed by atoms with E-state index in [2.05, 4.69) is 5.92 Å². The van der Waals surface area contributed by atoms with Crippen LogP contribution in [-0.4, -0.2) is 6.61 Å². The Kier molecular flexibility index (Phi) is 4.20. The second-order valence-corrected chi connectivity index (χ2v) is 3.63. The van der Waals surface area contributed by atoms with E-state index in [1.54, 1.807) is 0 Å². The summed E-state index contributed by atoms with van der Waals surface area (Å²) < 4.78 is 5.60. The maximum absolute atomic E-state index is 5.85. The number of hydrogen-bond donors (Lipinski definition) is 1. The Morgan fingerprint density at radius 3 is 2.87 bits per heavy atom. The zero-order valence-electron chi connectivity index (χ0n) is 9.29. The van der Waals surface area contributed by atoms with Gasteiger partial charge in [-0.25, -0.2) is 0 Å². The fourth-order valence-corrected chi connectivity index (χ4v) is 1.36. The number of terminal acetylenes is 1. The van der Waals surface area contributed by atoms with Crippen molar-refractivity contribution in [3.8, 4) is 18.1 Å². The van der Waals surface area contributed by atoms with Crippen LogP contribution in [0.1, 0.15) is 30.5 Å². The lowest BCUT2D eigenvalue weighted by Gasteiger charge is -2.14. The Balaban J connectivity index is 2.83. The van der Waals surface area contributed by atoms with E-state index in [9.17, 15) is 0 Å². The molecule has 15 heavy (non-hydrogen) atoms. The van der Waals surface area contributed by atoms with Crippen molar-refractivity contribution in [2.75, 3.05) is 6.61 Å². The maximum Gasteiger partial charge on any atom is 0.124 e. The minimum Gasteiger partial charge on any atom is -0.492 e. The van der Waals surface area contributed by atoms with E-state index >= 15 is 0 Å². The zero-order valence-corrected chi connectivity index (χ0v) is 9.29. The predicted molar refractivity (Wildman–Crippen MR) is 62.7 cm³/mol. The first-order valence-electron chi connectivity index (χ1n) is 5.07. The van der Waals surface area contributed by atoms with Gasteiger partial charge in [0.1, 0.15) is 5.75 Å². The average molecular weight is 203 g/mol. The summed E-state index contributed by atoms with van der Waals surface area (Å²) in [7, 11) is 0. The molecule has 0 amide bonds. The highest BCUT2D eigenvalue weighted by Gasteiger charge is 2.07. The van der Waals surface area contributed by atoms with Crippen LogP contribution >= 0.6 is 0 Å². The van der Waals surface area contributed by atoms with Gasteiger partial charge in [-0.2, -0.15) is 0 Å². The standard InChI is InChI=1S/C13H17NO/c1-4-5-8-15-13-9-10(2)6-7-12(13)11(3)14/h1,6-7,9,11H,5,8,14H2,2-3H3. The third kappa shape index (κ3) is 3.30. The Morgan fingerprint density at radius 2 is 2.27 bits per heavy atom. The summed E-state index contributed by atoms with van der Waals surface area (Å²) in [5.74, 6) is 3.39. The van der Waals surface area contributed by atoms with Crippen LogP contribution in [0, 0.1) is 19.3 Å². The monoisotopic (exact) mass is 203 g/mol. The lowest BCUT2D eigenvalue weighted by molar-refractivity contribution is 0.322. The Bertz CT molecular complexity index is 363. The van der Waals surface area contributed by atoms with Crippen molar-refractivity contribution in [2.24, 2.45) is 5.73 Å². The van der Waals surface area contributed by atoms with Gasteiger partial charge < -0.3 is 10.5 Å². The van der Waals surface area contributed by atoms with Gasteiger partial charge in [0.15, 0.2) is 0 Å². The summed E-state index contributed by atoms with van der Waals surface area (Å²) in [6, 6.07) is 6.01. The normalized spacial score (nSPS) is 11.9. The van der Waals surface area contributed by atoms with Gasteiger partial charge in [-0.05, 0) is 25.5 Å². The van der Waals surface area contributed by atoms with Crippen molar-refractivity contribution >= 4 is 0 Å². The van der Waals surface area contributed by atoms with E-state index in [4.69, 9.17) is 16.9 Å². The van der Waals surface area contributed by atoms with Crippen molar-refractivity contribution in [2.45, 2.75) is 26.3 Å². The van der Waals surface area contributed by atoms with Gasteiger partial charge in [-0.1, -0.05) is 12.1 Å². The molecule has 0 aliphatic heterocycles. The van der Waals surface area contributed by atoms with Crippen LogP contribution in [-0.2, 0) is 0 Å². The van der Waals surface area contributed by atoms with E-state index in [-0.39, 0.29) is 6.04 Å². The third-order valence-electron chi connectivity index (χ3n) is 2.16. The minimum absolute atomic E-state index is 0.0218. The predicted octanol–water partition coefficient (Wildman–Crippen LogP) is 2.42. The van der Waals surface area contributed by atoms with Gasteiger partial charge in [0.05, 0.1) is 6.61 Å². The number of aryl methyl sites for hydroxylation is 1. The third-order valence-corrected chi connectivity index (χ3v) is 2.16. The van der Waals surface area contributed by atoms with E-state index in [1.165, 1.54) is 0 Å². The summed E-state index contributed by atoms with van der Waals surface area (Å²) in [6.45, 7) is 4.51. The van der Waals surface area contributed by atoms with Crippen LogP contribution in [0.2, 0.25) is 0 Å². The molecule has 0 saturated heterocycles. The number of ether oxygens (including phenoxy) is 1. The molecule has 1 rings (SSSR count). The molecular formula is C13H17NO. The summed E-state index contributed by atoms with van der Waals surface area (Å²) >= 11 is 0.